The molecular weight excluding hydrogens is 247 g/mol. The minimum absolute atomic E-state index is 0.181. The predicted molar refractivity (Wildman–Crippen MR) is 67.8 cm³/mol. The summed E-state index contributed by atoms with van der Waals surface area (Å²) in [5.41, 5.74) is -0.880. The van der Waals surface area contributed by atoms with E-state index in [9.17, 15) is 14.0 Å². The minimum atomic E-state index is -1.15. The monoisotopic (exact) mass is 264 g/mol. The third kappa shape index (κ3) is 2.15. The van der Waals surface area contributed by atoms with E-state index in [1.807, 2.05) is 6.92 Å². The number of hydrogen-bond donors (Lipinski definition) is 0. The first-order valence-electron chi connectivity index (χ1n) is 6.39. The van der Waals surface area contributed by atoms with Crippen LogP contribution in [0.3, 0.4) is 0 Å². The summed E-state index contributed by atoms with van der Waals surface area (Å²) in [5, 5.41) is 0. The summed E-state index contributed by atoms with van der Waals surface area (Å²) in [5.74, 6) is -1.72. The van der Waals surface area contributed by atoms with Crippen LogP contribution in [0.2, 0.25) is 0 Å². The fourth-order valence-corrected chi connectivity index (χ4v) is 2.43. The second-order valence-corrected chi connectivity index (χ2v) is 5.35. The zero-order chi connectivity index (χ0) is 14.2. The number of hydrogen-bond acceptors (Lipinski definition) is 3. The van der Waals surface area contributed by atoms with Gasteiger partial charge in [0.2, 0.25) is 0 Å². The molecule has 0 amide bonds. The molecule has 0 bridgehead atoms. The minimum Gasteiger partial charge on any atom is -0.456 e. The maximum atomic E-state index is 13.8. The molecule has 19 heavy (non-hydrogen) atoms. The molecule has 2 rings (SSSR count). The van der Waals surface area contributed by atoms with Gasteiger partial charge in [-0.05, 0) is 26.3 Å². The third-order valence-electron chi connectivity index (χ3n) is 3.71. The van der Waals surface area contributed by atoms with Gasteiger partial charge in [-0.2, -0.15) is 0 Å². The summed E-state index contributed by atoms with van der Waals surface area (Å²) < 4.78 is 19.2. The molecule has 0 aromatic heterocycles. The highest BCUT2D eigenvalue weighted by Crippen LogP contribution is 2.41. The number of carbonyl (C=O) groups excluding carboxylic acids is 2. The van der Waals surface area contributed by atoms with Gasteiger partial charge in [0.05, 0.1) is 5.92 Å². The number of halogens is 1. The van der Waals surface area contributed by atoms with E-state index in [0.717, 1.165) is 0 Å². The lowest BCUT2D eigenvalue weighted by atomic mass is 9.74. The van der Waals surface area contributed by atoms with Crippen LogP contribution in [0.25, 0.3) is 0 Å². The molecule has 1 fully saturated rings. The van der Waals surface area contributed by atoms with Crippen molar-refractivity contribution in [2.75, 3.05) is 0 Å². The summed E-state index contributed by atoms with van der Waals surface area (Å²) in [6, 6.07) is 6.10. The Hall–Kier alpha value is -1.71. The first-order chi connectivity index (χ1) is 8.89. The van der Waals surface area contributed by atoms with E-state index >= 15 is 0 Å². The molecule has 1 aromatic carbocycles. The van der Waals surface area contributed by atoms with Gasteiger partial charge >= 0.3 is 5.97 Å². The molecule has 2 atom stereocenters. The number of Topliss-reactive ketones (excluding diaryl/α,β-unsaturated/α-hetero) is 1. The standard InChI is InChI=1S/C15H17FO3/c1-4-9-12(10-7-5-6-8-11(10)16)19-14(18)15(2,3)13(9)17/h5-9,12H,4H2,1-3H3. The van der Waals surface area contributed by atoms with Crippen molar-refractivity contribution >= 4 is 11.8 Å². The highest BCUT2D eigenvalue weighted by atomic mass is 19.1. The van der Waals surface area contributed by atoms with E-state index in [2.05, 4.69) is 0 Å². The molecule has 3 nitrogen and oxygen atoms in total. The number of ketones is 1. The van der Waals surface area contributed by atoms with Gasteiger partial charge in [0.1, 0.15) is 17.3 Å². The Kier molecular flexibility index (Phi) is 3.43. The van der Waals surface area contributed by atoms with Gasteiger partial charge in [-0.3, -0.25) is 9.59 Å². The number of esters is 1. The normalized spacial score (nSPS) is 26.1. The smallest absolute Gasteiger partial charge is 0.319 e. The van der Waals surface area contributed by atoms with Crippen LogP contribution < -0.4 is 0 Å². The van der Waals surface area contributed by atoms with E-state index in [-0.39, 0.29) is 11.3 Å². The summed E-state index contributed by atoms with van der Waals surface area (Å²) in [6.07, 6.45) is -0.312. The van der Waals surface area contributed by atoms with Crippen molar-refractivity contribution < 1.29 is 18.7 Å². The molecule has 2 unspecified atom stereocenters. The predicted octanol–water partition coefficient (Wildman–Crippen LogP) is 3.05. The molecule has 0 saturated carbocycles. The van der Waals surface area contributed by atoms with Crippen molar-refractivity contribution in [2.45, 2.75) is 33.3 Å². The summed E-state index contributed by atoms with van der Waals surface area (Å²) >= 11 is 0. The number of carbonyl (C=O) groups is 2. The summed E-state index contributed by atoms with van der Waals surface area (Å²) in [6.45, 7) is 4.95. The van der Waals surface area contributed by atoms with Crippen LogP contribution in [0.4, 0.5) is 4.39 Å². The van der Waals surface area contributed by atoms with E-state index in [1.165, 1.54) is 6.07 Å². The zero-order valence-electron chi connectivity index (χ0n) is 11.3. The second kappa shape index (κ2) is 4.76. The van der Waals surface area contributed by atoms with Gasteiger partial charge in [0.25, 0.3) is 0 Å². The van der Waals surface area contributed by atoms with Crippen LogP contribution in [0.5, 0.6) is 0 Å². The summed E-state index contributed by atoms with van der Waals surface area (Å²) in [4.78, 5) is 24.3. The molecular formula is C15H17FO3. The second-order valence-electron chi connectivity index (χ2n) is 5.35. The van der Waals surface area contributed by atoms with Crippen molar-refractivity contribution in [1.82, 2.24) is 0 Å². The lowest BCUT2D eigenvalue weighted by Crippen LogP contribution is -2.47. The Morgan fingerprint density at radius 3 is 2.47 bits per heavy atom. The average Bonchev–Trinajstić information content (AvgIpc) is 2.37. The number of cyclic esters (lactones) is 1. The quantitative estimate of drug-likeness (QED) is 0.609. The zero-order valence-corrected chi connectivity index (χ0v) is 11.3. The molecule has 1 aliphatic rings. The van der Waals surface area contributed by atoms with E-state index < -0.39 is 29.2 Å². The van der Waals surface area contributed by atoms with Crippen molar-refractivity contribution in [3.05, 3.63) is 35.6 Å². The van der Waals surface area contributed by atoms with Crippen molar-refractivity contribution in [1.29, 1.82) is 0 Å². The lowest BCUT2D eigenvalue weighted by molar-refractivity contribution is -0.179. The number of benzene rings is 1. The molecule has 0 radical (unpaired) electrons. The lowest BCUT2D eigenvalue weighted by Gasteiger charge is -2.37. The topological polar surface area (TPSA) is 43.4 Å². The highest BCUT2D eigenvalue weighted by Gasteiger charge is 2.50. The van der Waals surface area contributed by atoms with Crippen molar-refractivity contribution in [2.24, 2.45) is 11.3 Å². The highest BCUT2D eigenvalue weighted by molar-refractivity contribution is 6.06. The molecule has 0 spiro atoms. The molecule has 0 aliphatic carbocycles. The molecule has 1 aliphatic heterocycles. The maximum absolute atomic E-state index is 13.8. The van der Waals surface area contributed by atoms with Crippen LogP contribution in [0.15, 0.2) is 24.3 Å². The van der Waals surface area contributed by atoms with Crippen LogP contribution in [-0.4, -0.2) is 11.8 Å². The van der Waals surface area contributed by atoms with Gasteiger partial charge in [-0.1, -0.05) is 25.1 Å². The Balaban J connectivity index is 2.44. The van der Waals surface area contributed by atoms with Gasteiger partial charge in [0.15, 0.2) is 5.78 Å². The van der Waals surface area contributed by atoms with Crippen LogP contribution in [0.1, 0.15) is 38.9 Å². The Bertz CT molecular complexity index is 522. The fraction of sp³-hybridized carbons (Fsp3) is 0.467. The van der Waals surface area contributed by atoms with Crippen LogP contribution >= 0.6 is 0 Å². The third-order valence-corrected chi connectivity index (χ3v) is 3.71. The largest absolute Gasteiger partial charge is 0.456 e. The van der Waals surface area contributed by atoms with Gasteiger partial charge < -0.3 is 4.74 Å². The maximum Gasteiger partial charge on any atom is 0.319 e. The van der Waals surface area contributed by atoms with E-state index in [1.54, 1.807) is 32.0 Å². The van der Waals surface area contributed by atoms with Gasteiger partial charge in [-0.15, -0.1) is 0 Å². The molecule has 4 heteroatoms. The van der Waals surface area contributed by atoms with Gasteiger partial charge in [-0.25, -0.2) is 4.39 Å². The van der Waals surface area contributed by atoms with E-state index in [4.69, 9.17) is 4.74 Å². The summed E-state index contributed by atoms with van der Waals surface area (Å²) in [7, 11) is 0. The number of rotatable bonds is 2. The average molecular weight is 264 g/mol. The Labute approximate surface area is 111 Å². The number of ether oxygens (including phenoxy) is 1. The first kappa shape index (κ1) is 13.7. The Morgan fingerprint density at radius 1 is 1.26 bits per heavy atom. The van der Waals surface area contributed by atoms with Gasteiger partial charge in [0, 0.05) is 5.56 Å². The molecule has 1 heterocycles. The molecule has 1 aromatic rings. The van der Waals surface area contributed by atoms with Crippen molar-refractivity contribution in [3.8, 4) is 0 Å². The van der Waals surface area contributed by atoms with E-state index in [0.29, 0.717) is 6.42 Å². The first-order valence-corrected chi connectivity index (χ1v) is 6.39. The van der Waals surface area contributed by atoms with Crippen LogP contribution in [-0.2, 0) is 14.3 Å². The molecule has 0 N–H and O–H groups in total. The molecule has 1 saturated heterocycles. The fourth-order valence-electron chi connectivity index (χ4n) is 2.43. The molecule has 102 valence electrons. The van der Waals surface area contributed by atoms with Crippen LogP contribution in [0, 0.1) is 17.2 Å². The Morgan fingerprint density at radius 2 is 1.89 bits per heavy atom. The SMILES string of the molecule is CCC1C(=O)C(C)(C)C(=O)OC1c1ccccc1F. The van der Waals surface area contributed by atoms with Crippen molar-refractivity contribution in [3.63, 3.8) is 0 Å².